The van der Waals surface area contributed by atoms with Gasteiger partial charge in [-0.1, -0.05) is 19.8 Å². The Kier molecular flexibility index (Phi) is 7.16. The van der Waals surface area contributed by atoms with E-state index in [-0.39, 0.29) is 24.1 Å². The summed E-state index contributed by atoms with van der Waals surface area (Å²) in [4.78, 5) is 11.8. The van der Waals surface area contributed by atoms with Crippen molar-refractivity contribution in [2.75, 3.05) is 26.9 Å². The third-order valence-corrected chi connectivity index (χ3v) is 4.17. The minimum atomic E-state index is -0.176. The topological polar surface area (TPSA) is 70.6 Å². The maximum atomic E-state index is 11.8. The van der Waals surface area contributed by atoms with Crippen LogP contribution in [0.1, 0.15) is 45.4 Å². The van der Waals surface area contributed by atoms with E-state index in [1.807, 2.05) is 6.92 Å². The van der Waals surface area contributed by atoms with E-state index in [1.54, 1.807) is 7.11 Å². The zero-order chi connectivity index (χ0) is 14.1. The average molecular weight is 272 g/mol. The fraction of sp³-hybridized carbons (Fsp3) is 0.929. The van der Waals surface area contributed by atoms with Crippen LogP contribution in [-0.2, 0) is 4.74 Å². The molecule has 19 heavy (non-hydrogen) atoms. The zero-order valence-electron chi connectivity index (χ0n) is 12.2. The van der Waals surface area contributed by atoms with Gasteiger partial charge < -0.3 is 20.5 Å². The molecule has 0 aromatic rings. The maximum absolute atomic E-state index is 11.8. The number of urea groups is 1. The molecule has 1 aliphatic carbocycles. The molecule has 0 aromatic carbocycles. The third-order valence-electron chi connectivity index (χ3n) is 4.17. The summed E-state index contributed by atoms with van der Waals surface area (Å²) >= 11 is 0. The van der Waals surface area contributed by atoms with Gasteiger partial charge in [0.15, 0.2) is 0 Å². The monoisotopic (exact) mass is 272 g/mol. The van der Waals surface area contributed by atoms with Gasteiger partial charge in [0, 0.05) is 20.3 Å². The van der Waals surface area contributed by atoms with Gasteiger partial charge in [-0.05, 0) is 31.1 Å². The lowest BCUT2D eigenvalue weighted by Gasteiger charge is -2.29. The Bertz CT molecular complexity index is 261. The van der Waals surface area contributed by atoms with Crippen molar-refractivity contribution in [3.8, 4) is 0 Å². The van der Waals surface area contributed by atoms with Crippen LogP contribution in [0.25, 0.3) is 0 Å². The molecule has 1 unspecified atom stereocenters. The summed E-state index contributed by atoms with van der Waals surface area (Å²) < 4.78 is 5.17. The van der Waals surface area contributed by atoms with Crippen molar-refractivity contribution >= 4 is 6.03 Å². The Morgan fingerprint density at radius 2 is 2.11 bits per heavy atom. The number of rotatable bonds is 8. The molecule has 1 rings (SSSR count). The summed E-state index contributed by atoms with van der Waals surface area (Å²) in [7, 11) is 1.72. The van der Waals surface area contributed by atoms with E-state index in [2.05, 4.69) is 10.6 Å². The summed E-state index contributed by atoms with van der Waals surface area (Å²) in [5, 5.41) is 14.8. The quantitative estimate of drug-likeness (QED) is 0.629. The average Bonchev–Trinajstić information content (AvgIpc) is 2.89. The van der Waals surface area contributed by atoms with Gasteiger partial charge in [-0.2, -0.15) is 0 Å². The highest BCUT2D eigenvalue weighted by molar-refractivity contribution is 5.74. The van der Waals surface area contributed by atoms with Crippen LogP contribution >= 0.6 is 0 Å². The second-order valence-corrected chi connectivity index (χ2v) is 5.56. The van der Waals surface area contributed by atoms with Crippen molar-refractivity contribution in [1.82, 2.24) is 10.6 Å². The molecule has 0 aromatic heterocycles. The first-order chi connectivity index (χ1) is 9.15. The van der Waals surface area contributed by atoms with E-state index in [1.165, 1.54) is 12.8 Å². The van der Waals surface area contributed by atoms with Crippen LogP contribution in [0.5, 0.6) is 0 Å². The molecule has 112 valence electrons. The molecule has 0 bridgehead atoms. The van der Waals surface area contributed by atoms with Crippen molar-refractivity contribution in [2.24, 2.45) is 5.41 Å². The van der Waals surface area contributed by atoms with Crippen molar-refractivity contribution < 1.29 is 14.6 Å². The molecule has 5 heteroatoms. The summed E-state index contributed by atoms with van der Waals surface area (Å²) in [5.74, 6) is 0. The first-order valence-corrected chi connectivity index (χ1v) is 7.30. The van der Waals surface area contributed by atoms with Crippen LogP contribution in [0, 0.1) is 5.41 Å². The number of aliphatic hydroxyl groups is 1. The molecule has 1 fully saturated rings. The highest BCUT2D eigenvalue weighted by atomic mass is 16.5. The summed E-state index contributed by atoms with van der Waals surface area (Å²) in [6.45, 7) is 3.37. The van der Waals surface area contributed by atoms with Gasteiger partial charge in [-0.15, -0.1) is 0 Å². The van der Waals surface area contributed by atoms with Crippen LogP contribution in [-0.4, -0.2) is 44.0 Å². The van der Waals surface area contributed by atoms with E-state index >= 15 is 0 Å². The first-order valence-electron chi connectivity index (χ1n) is 7.30. The number of nitrogens with one attached hydrogen (secondary N) is 2. The van der Waals surface area contributed by atoms with Gasteiger partial charge in [0.2, 0.25) is 0 Å². The zero-order valence-corrected chi connectivity index (χ0v) is 12.2. The molecule has 0 saturated heterocycles. The van der Waals surface area contributed by atoms with E-state index in [4.69, 9.17) is 9.84 Å². The number of carbonyl (C=O) groups is 1. The molecule has 2 amide bonds. The predicted octanol–water partition coefficient (Wildman–Crippen LogP) is 1.65. The second-order valence-electron chi connectivity index (χ2n) is 5.56. The number of carbonyl (C=O) groups excluding carboxylic acids is 1. The molecule has 1 saturated carbocycles. The molecule has 3 N–H and O–H groups in total. The normalized spacial score (nSPS) is 19.1. The Hall–Kier alpha value is -0.810. The summed E-state index contributed by atoms with van der Waals surface area (Å²) in [6, 6.07) is -0.330. The molecule has 0 aliphatic heterocycles. The lowest BCUT2D eigenvalue weighted by atomic mass is 9.83. The van der Waals surface area contributed by atoms with Gasteiger partial charge in [-0.25, -0.2) is 4.79 Å². The van der Waals surface area contributed by atoms with Crippen molar-refractivity contribution in [1.29, 1.82) is 0 Å². The van der Waals surface area contributed by atoms with Gasteiger partial charge >= 0.3 is 6.03 Å². The number of amides is 2. The molecule has 1 aliphatic rings. The fourth-order valence-electron chi connectivity index (χ4n) is 2.74. The molecule has 0 spiro atoms. The van der Waals surface area contributed by atoms with Crippen LogP contribution in [0.3, 0.4) is 0 Å². The standard InChI is InChI=1S/C14H28N2O3/c1-3-12(10-17)16-13(18)15-11-14(8-9-19-2)6-4-5-7-14/h12,17H,3-11H2,1-2H3,(H2,15,16,18). The Balaban J connectivity index is 2.37. The summed E-state index contributed by atoms with van der Waals surface area (Å²) in [5.41, 5.74) is 0.203. The van der Waals surface area contributed by atoms with Crippen LogP contribution in [0.4, 0.5) is 4.79 Å². The highest BCUT2D eigenvalue weighted by Crippen LogP contribution is 2.40. The van der Waals surface area contributed by atoms with E-state index in [0.717, 1.165) is 32.3 Å². The van der Waals surface area contributed by atoms with Gasteiger partial charge in [0.25, 0.3) is 0 Å². The maximum Gasteiger partial charge on any atom is 0.315 e. The van der Waals surface area contributed by atoms with Crippen molar-refractivity contribution in [2.45, 2.75) is 51.5 Å². The molecule has 0 heterocycles. The lowest BCUT2D eigenvalue weighted by Crippen LogP contribution is -2.46. The SMILES string of the molecule is CCC(CO)NC(=O)NCC1(CCOC)CCCC1. The third kappa shape index (κ3) is 5.37. The number of hydrogen-bond donors (Lipinski definition) is 3. The number of ether oxygens (including phenoxy) is 1. The molecule has 1 atom stereocenters. The van der Waals surface area contributed by atoms with E-state index < -0.39 is 0 Å². The van der Waals surface area contributed by atoms with E-state index in [0.29, 0.717) is 6.54 Å². The molecular weight excluding hydrogens is 244 g/mol. The minimum absolute atomic E-state index is 0.0151. The Labute approximate surface area is 116 Å². The smallest absolute Gasteiger partial charge is 0.315 e. The molecular formula is C14H28N2O3. The largest absolute Gasteiger partial charge is 0.394 e. The number of methoxy groups -OCH3 is 1. The van der Waals surface area contributed by atoms with Gasteiger partial charge in [0.1, 0.15) is 0 Å². The van der Waals surface area contributed by atoms with Crippen molar-refractivity contribution in [3.05, 3.63) is 0 Å². The molecule has 0 radical (unpaired) electrons. The predicted molar refractivity (Wildman–Crippen MR) is 75.1 cm³/mol. The summed E-state index contributed by atoms with van der Waals surface area (Å²) in [6.07, 6.45) is 6.53. The second kappa shape index (κ2) is 8.38. The van der Waals surface area contributed by atoms with Gasteiger partial charge in [0.05, 0.1) is 12.6 Å². The highest BCUT2D eigenvalue weighted by Gasteiger charge is 2.33. The minimum Gasteiger partial charge on any atom is -0.394 e. The van der Waals surface area contributed by atoms with Gasteiger partial charge in [-0.3, -0.25) is 0 Å². The number of aliphatic hydroxyl groups excluding tert-OH is 1. The van der Waals surface area contributed by atoms with Crippen LogP contribution in [0.15, 0.2) is 0 Å². The fourth-order valence-corrected chi connectivity index (χ4v) is 2.74. The Morgan fingerprint density at radius 3 is 2.63 bits per heavy atom. The van der Waals surface area contributed by atoms with Crippen LogP contribution in [0.2, 0.25) is 0 Å². The van der Waals surface area contributed by atoms with Crippen molar-refractivity contribution in [3.63, 3.8) is 0 Å². The first kappa shape index (κ1) is 16.2. The number of hydrogen-bond acceptors (Lipinski definition) is 3. The van der Waals surface area contributed by atoms with Crippen LogP contribution < -0.4 is 10.6 Å². The lowest BCUT2D eigenvalue weighted by molar-refractivity contribution is 0.135. The molecule has 5 nitrogen and oxygen atoms in total. The Morgan fingerprint density at radius 1 is 1.42 bits per heavy atom. The van der Waals surface area contributed by atoms with E-state index in [9.17, 15) is 4.79 Å².